The maximum absolute atomic E-state index is 11.4. The van der Waals surface area contributed by atoms with Crippen LogP contribution in [0.15, 0.2) is 9.59 Å². The number of carbonyl (C=O) groups excluding carboxylic acids is 1. The van der Waals surface area contributed by atoms with Crippen molar-refractivity contribution in [3.63, 3.8) is 0 Å². The number of hydrogen-bond donors (Lipinski definition) is 3. The second-order valence-corrected chi connectivity index (χ2v) is 3.18. The third-order valence-electron chi connectivity index (χ3n) is 2.12. The van der Waals surface area contributed by atoms with Crippen molar-refractivity contribution in [1.29, 1.82) is 0 Å². The molecule has 2 heterocycles. The van der Waals surface area contributed by atoms with Crippen molar-refractivity contribution >= 4 is 17.1 Å². The molecule has 0 fully saturated rings. The number of nitrogens with two attached hydrogens (primary N) is 1. The number of H-pyrrole nitrogens is 2. The van der Waals surface area contributed by atoms with Crippen molar-refractivity contribution in [3.8, 4) is 0 Å². The summed E-state index contributed by atoms with van der Waals surface area (Å²) in [6.45, 7) is -0.117. The monoisotopic (exact) mass is 211 g/mol. The summed E-state index contributed by atoms with van der Waals surface area (Å²) in [5.41, 5.74) is 4.56. The zero-order valence-corrected chi connectivity index (χ0v) is 7.90. The van der Waals surface area contributed by atoms with Gasteiger partial charge in [-0.1, -0.05) is 0 Å². The van der Waals surface area contributed by atoms with Gasteiger partial charge in [-0.05, 0) is 0 Å². The molecule has 0 spiro atoms. The third-order valence-corrected chi connectivity index (χ3v) is 2.12. The van der Waals surface area contributed by atoms with E-state index in [1.807, 2.05) is 0 Å². The van der Waals surface area contributed by atoms with Crippen molar-refractivity contribution < 1.29 is 4.79 Å². The Balaban J connectivity index is 2.67. The average Bonchev–Trinajstić information content (AvgIpc) is 2.07. The van der Waals surface area contributed by atoms with Gasteiger partial charge in [0.1, 0.15) is 6.54 Å². The van der Waals surface area contributed by atoms with E-state index in [1.54, 1.807) is 0 Å². The number of hydrogen-bond acceptors (Lipinski definition) is 3. The second kappa shape index (κ2) is 2.87. The Morgan fingerprint density at radius 3 is 2.73 bits per heavy atom. The largest absolute Gasteiger partial charge is 0.368 e. The quantitative estimate of drug-likeness (QED) is 0.525. The fourth-order valence-electron chi connectivity index (χ4n) is 1.39. The van der Waals surface area contributed by atoms with Gasteiger partial charge in [-0.2, -0.15) is 0 Å². The molecule has 0 aliphatic carbocycles. The third kappa shape index (κ3) is 1.26. The summed E-state index contributed by atoms with van der Waals surface area (Å²) < 4.78 is 2.53. The van der Waals surface area contributed by atoms with E-state index >= 15 is 0 Å². The fourth-order valence-corrected chi connectivity index (χ4v) is 1.39. The molecule has 0 aliphatic rings. The van der Waals surface area contributed by atoms with Crippen LogP contribution in [0, 0.1) is 0 Å². The van der Waals surface area contributed by atoms with Crippen LogP contribution in [0.5, 0.6) is 0 Å². The SMILES string of the molecule is Cn1c(=O)[nH]c(=O)c2c1[nH]n2CC(N)=O. The first-order chi connectivity index (χ1) is 7.00. The Morgan fingerprint density at radius 1 is 1.47 bits per heavy atom. The summed E-state index contributed by atoms with van der Waals surface area (Å²) in [4.78, 5) is 35.2. The van der Waals surface area contributed by atoms with E-state index in [2.05, 4.69) is 10.1 Å². The smallest absolute Gasteiger partial charge is 0.329 e. The molecule has 2 aromatic heterocycles. The molecule has 0 aliphatic heterocycles. The standard InChI is InChI=1S/C7H9N5O3/c1-11-5-4(6(14)9-7(11)15)12(10-5)2-3(8)13/h10H,2H2,1H3,(H2,8,13)(H,9,14,15). The van der Waals surface area contributed by atoms with Crippen molar-refractivity contribution in [2.75, 3.05) is 0 Å². The summed E-state index contributed by atoms with van der Waals surface area (Å²) in [6, 6.07) is 0. The Morgan fingerprint density at radius 2 is 2.13 bits per heavy atom. The van der Waals surface area contributed by atoms with Crippen LogP contribution in [0.1, 0.15) is 0 Å². The van der Waals surface area contributed by atoms with E-state index in [4.69, 9.17) is 5.73 Å². The Kier molecular flexibility index (Phi) is 1.78. The fraction of sp³-hybridized carbons (Fsp3) is 0.286. The number of aromatic amines is 2. The van der Waals surface area contributed by atoms with E-state index < -0.39 is 17.2 Å². The minimum Gasteiger partial charge on any atom is -0.368 e. The number of fused-ring (bicyclic) bond motifs is 1. The first-order valence-corrected chi connectivity index (χ1v) is 4.16. The van der Waals surface area contributed by atoms with Crippen molar-refractivity contribution in [3.05, 3.63) is 20.8 Å². The number of aromatic nitrogens is 4. The number of primary amides is 1. The highest BCUT2D eigenvalue weighted by molar-refractivity contribution is 5.78. The van der Waals surface area contributed by atoms with E-state index in [0.29, 0.717) is 5.65 Å². The van der Waals surface area contributed by atoms with E-state index in [0.717, 1.165) is 0 Å². The molecule has 80 valence electrons. The summed E-state index contributed by atoms with van der Waals surface area (Å²) >= 11 is 0. The van der Waals surface area contributed by atoms with Crippen LogP contribution in [-0.2, 0) is 18.4 Å². The summed E-state index contributed by atoms with van der Waals surface area (Å²) in [5.74, 6) is -0.568. The van der Waals surface area contributed by atoms with E-state index in [9.17, 15) is 14.4 Å². The Hall–Kier alpha value is -2.25. The number of aryl methyl sites for hydroxylation is 1. The van der Waals surface area contributed by atoms with Crippen LogP contribution < -0.4 is 17.0 Å². The van der Waals surface area contributed by atoms with Crippen LogP contribution in [0.25, 0.3) is 11.2 Å². The van der Waals surface area contributed by atoms with Gasteiger partial charge < -0.3 is 5.73 Å². The van der Waals surface area contributed by atoms with Crippen molar-refractivity contribution in [1.82, 2.24) is 19.3 Å². The molecule has 15 heavy (non-hydrogen) atoms. The van der Waals surface area contributed by atoms with E-state index in [1.165, 1.54) is 16.3 Å². The molecule has 0 atom stereocenters. The lowest BCUT2D eigenvalue weighted by atomic mass is 10.4. The zero-order valence-electron chi connectivity index (χ0n) is 7.90. The molecular formula is C7H9N5O3. The highest BCUT2D eigenvalue weighted by Crippen LogP contribution is 2.05. The first-order valence-electron chi connectivity index (χ1n) is 4.16. The van der Waals surface area contributed by atoms with Gasteiger partial charge in [0.2, 0.25) is 5.91 Å². The molecule has 0 bridgehead atoms. The Labute approximate surface area is 82.3 Å². The minimum atomic E-state index is -0.568. The van der Waals surface area contributed by atoms with Gasteiger partial charge in [0, 0.05) is 7.05 Å². The minimum absolute atomic E-state index is 0.117. The number of carbonyl (C=O) groups is 1. The molecule has 8 nitrogen and oxygen atoms in total. The van der Waals surface area contributed by atoms with Gasteiger partial charge in [-0.3, -0.25) is 28.9 Å². The van der Waals surface area contributed by atoms with Gasteiger partial charge in [0.25, 0.3) is 5.56 Å². The highest BCUT2D eigenvalue weighted by atomic mass is 16.2. The van der Waals surface area contributed by atoms with Crippen LogP contribution in [0.4, 0.5) is 0 Å². The average molecular weight is 211 g/mol. The number of rotatable bonds is 2. The maximum atomic E-state index is 11.4. The predicted molar refractivity (Wildman–Crippen MR) is 51.3 cm³/mol. The lowest BCUT2D eigenvalue weighted by Gasteiger charge is -2.15. The molecule has 2 aromatic rings. The van der Waals surface area contributed by atoms with Crippen LogP contribution in [0.2, 0.25) is 0 Å². The predicted octanol–water partition coefficient (Wildman–Crippen LogP) is -2.16. The molecular weight excluding hydrogens is 202 g/mol. The van der Waals surface area contributed by atoms with Crippen molar-refractivity contribution in [2.24, 2.45) is 12.8 Å². The zero-order chi connectivity index (χ0) is 11.2. The lowest BCUT2D eigenvalue weighted by molar-refractivity contribution is -0.118. The van der Waals surface area contributed by atoms with Gasteiger partial charge in [-0.25, -0.2) is 4.79 Å². The number of nitrogens with one attached hydrogen (secondary N) is 2. The van der Waals surface area contributed by atoms with Crippen LogP contribution >= 0.6 is 0 Å². The molecule has 0 saturated carbocycles. The Bertz CT molecular complexity index is 640. The van der Waals surface area contributed by atoms with Gasteiger partial charge in [0.15, 0.2) is 11.2 Å². The number of nitrogens with zero attached hydrogens (tertiary/aromatic N) is 2. The topological polar surface area (TPSA) is 119 Å². The molecule has 0 unspecified atom stereocenters. The molecule has 0 saturated heterocycles. The number of amides is 1. The first kappa shape index (κ1) is 9.31. The van der Waals surface area contributed by atoms with Gasteiger partial charge >= 0.3 is 5.69 Å². The maximum Gasteiger partial charge on any atom is 0.329 e. The summed E-state index contributed by atoms with van der Waals surface area (Å²) in [5, 5.41) is 2.68. The molecule has 0 aromatic carbocycles. The molecule has 8 heteroatoms. The van der Waals surface area contributed by atoms with Gasteiger partial charge in [-0.15, -0.1) is 0 Å². The van der Waals surface area contributed by atoms with E-state index in [-0.39, 0.29) is 12.1 Å². The summed E-state index contributed by atoms with van der Waals surface area (Å²) in [6.07, 6.45) is 0. The van der Waals surface area contributed by atoms with Crippen LogP contribution in [0.3, 0.4) is 0 Å². The van der Waals surface area contributed by atoms with Gasteiger partial charge in [0.05, 0.1) is 0 Å². The molecule has 1 amide bonds. The normalized spacial score (nSPS) is 11.0. The lowest BCUT2D eigenvalue weighted by Crippen LogP contribution is -2.36. The van der Waals surface area contributed by atoms with Crippen LogP contribution in [-0.4, -0.2) is 25.2 Å². The van der Waals surface area contributed by atoms with Crippen molar-refractivity contribution in [2.45, 2.75) is 6.54 Å². The molecule has 4 N–H and O–H groups in total. The second-order valence-electron chi connectivity index (χ2n) is 3.18. The summed E-state index contributed by atoms with van der Waals surface area (Å²) in [7, 11) is 1.51. The highest BCUT2D eigenvalue weighted by Gasteiger charge is 2.14. The molecule has 2 rings (SSSR count). The molecule has 0 radical (unpaired) electrons.